The standard InChI is InChI=1S/C25H22N4O2/c1-31-23-10-7-19(8-11-23)17-27-24(30)12-9-21-18-29(22-5-3-2-4-6-22)28-25(21)20-13-15-26-16-14-20/h2-16,18H,17H2,1H3,(H,27,30)/b12-9+. The predicted octanol–water partition coefficient (Wildman–Crippen LogP) is 4.27. The van der Waals surface area contributed by atoms with Crippen molar-refractivity contribution >= 4 is 12.0 Å². The molecule has 2 aromatic carbocycles. The number of nitrogens with one attached hydrogen (secondary N) is 1. The van der Waals surface area contributed by atoms with Crippen LogP contribution in [0.25, 0.3) is 23.0 Å². The number of methoxy groups -OCH3 is 1. The zero-order chi connectivity index (χ0) is 21.5. The minimum Gasteiger partial charge on any atom is -0.497 e. The van der Waals surface area contributed by atoms with Gasteiger partial charge >= 0.3 is 0 Å². The first-order valence-corrected chi connectivity index (χ1v) is 9.87. The Morgan fingerprint density at radius 2 is 1.77 bits per heavy atom. The van der Waals surface area contributed by atoms with Crippen molar-refractivity contribution < 1.29 is 9.53 Å². The molecular weight excluding hydrogens is 388 g/mol. The van der Waals surface area contributed by atoms with Crippen molar-refractivity contribution in [1.82, 2.24) is 20.1 Å². The van der Waals surface area contributed by atoms with Gasteiger partial charge in [-0.3, -0.25) is 9.78 Å². The molecule has 0 saturated heterocycles. The molecule has 0 spiro atoms. The summed E-state index contributed by atoms with van der Waals surface area (Å²) in [4.78, 5) is 16.5. The second-order valence-electron chi connectivity index (χ2n) is 6.85. The molecule has 0 atom stereocenters. The summed E-state index contributed by atoms with van der Waals surface area (Å²) in [5, 5.41) is 7.63. The van der Waals surface area contributed by atoms with E-state index in [2.05, 4.69) is 10.3 Å². The summed E-state index contributed by atoms with van der Waals surface area (Å²) in [5.74, 6) is 0.609. The smallest absolute Gasteiger partial charge is 0.244 e. The van der Waals surface area contributed by atoms with Gasteiger partial charge in [-0.2, -0.15) is 5.10 Å². The van der Waals surface area contributed by atoms with E-state index in [-0.39, 0.29) is 5.91 Å². The Hall–Kier alpha value is -4.19. The van der Waals surface area contributed by atoms with Crippen LogP contribution in [-0.4, -0.2) is 27.8 Å². The van der Waals surface area contributed by atoms with Gasteiger partial charge < -0.3 is 10.1 Å². The number of hydrogen-bond donors (Lipinski definition) is 1. The first-order valence-electron chi connectivity index (χ1n) is 9.87. The second kappa shape index (κ2) is 9.54. The molecule has 1 amide bonds. The summed E-state index contributed by atoms with van der Waals surface area (Å²) in [6.45, 7) is 0.438. The van der Waals surface area contributed by atoms with E-state index in [1.807, 2.05) is 77.6 Å². The van der Waals surface area contributed by atoms with E-state index in [0.29, 0.717) is 6.54 Å². The van der Waals surface area contributed by atoms with Crippen LogP contribution in [0.3, 0.4) is 0 Å². The van der Waals surface area contributed by atoms with Crippen molar-refractivity contribution in [3.05, 3.63) is 103 Å². The van der Waals surface area contributed by atoms with Crippen LogP contribution >= 0.6 is 0 Å². The number of hydrogen-bond acceptors (Lipinski definition) is 4. The van der Waals surface area contributed by atoms with Crippen molar-refractivity contribution in [2.45, 2.75) is 6.54 Å². The number of para-hydroxylation sites is 1. The molecule has 0 radical (unpaired) electrons. The Morgan fingerprint density at radius 1 is 1.03 bits per heavy atom. The van der Waals surface area contributed by atoms with Crippen LogP contribution in [0.2, 0.25) is 0 Å². The predicted molar refractivity (Wildman–Crippen MR) is 121 cm³/mol. The molecule has 2 aromatic heterocycles. The fraction of sp³-hybridized carbons (Fsp3) is 0.0800. The third-order valence-corrected chi connectivity index (χ3v) is 4.76. The van der Waals surface area contributed by atoms with Crippen LogP contribution < -0.4 is 10.1 Å². The Balaban J connectivity index is 1.52. The van der Waals surface area contributed by atoms with E-state index in [9.17, 15) is 4.79 Å². The van der Waals surface area contributed by atoms with Gasteiger partial charge in [0, 0.05) is 42.3 Å². The maximum Gasteiger partial charge on any atom is 0.244 e. The lowest BCUT2D eigenvalue weighted by molar-refractivity contribution is -0.116. The number of carbonyl (C=O) groups excluding carboxylic acids is 1. The topological polar surface area (TPSA) is 69.0 Å². The minimum atomic E-state index is -0.177. The van der Waals surface area contributed by atoms with Gasteiger partial charge in [0.2, 0.25) is 5.91 Å². The summed E-state index contributed by atoms with van der Waals surface area (Å²) in [6, 6.07) is 21.3. The molecule has 31 heavy (non-hydrogen) atoms. The molecular formula is C25H22N4O2. The second-order valence-corrected chi connectivity index (χ2v) is 6.85. The van der Waals surface area contributed by atoms with Gasteiger partial charge in [0.1, 0.15) is 11.4 Å². The Kier molecular flexibility index (Phi) is 6.18. The van der Waals surface area contributed by atoms with Gasteiger partial charge in [-0.05, 0) is 48.0 Å². The largest absolute Gasteiger partial charge is 0.497 e. The zero-order valence-corrected chi connectivity index (χ0v) is 17.1. The number of nitrogens with zero attached hydrogens (tertiary/aromatic N) is 3. The molecule has 1 N–H and O–H groups in total. The Labute approximate surface area is 180 Å². The van der Waals surface area contributed by atoms with Crippen molar-refractivity contribution in [2.24, 2.45) is 0 Å². The molecule has 0 fully saturated rings. The van der Waals surface area contributed by atoms with Gasteiger partial charge in [0.15, 0.2) is 0 Å². The van der Waals surface area contributed by atoms with Crippen LogP contribution in [-0.2, 0) is 11.3 Å². The first-order chi connectivity index (χ1) is 15.2. The highest BCUT2D eigenvalue weighted by atomic mass is 16.5. The van der Waals surface area contributed by atoms with Crippen molar-refractivity contribution in [1.29, 1.82) is 0 Å². The molecule has 0 bridgehead atoms. The van der Waals surface area contributed by atoms with Crippen molar-refractivity contribution in [2.75, 3.05) is 7.11 Å². The van der Waals surface area contributed by atoms with Crippen molar-refractivity contribution in [3.63, 3.8) is 0 Å². The maximum atomic E-state index is 12.4. The van der Waals surface area contributed by atoms with E-state index in [1.54, 1.807) is 25.6 Å². The molecule has 0 aliphatic carbocycles. The lowest BCUT2D eigenvalue weighted by atomic mass is 10.1. The fourth-order valence-electron chi connectivity index (χ4n) is 3.11. The number of amides is 1. The molecule has 4 rings (SSSR count). The highest BCUT2D eigenvalue weighted by Gasteiger charge is 2.11. The highest BCUT2D eigenvalue weighted by molar-refractivity contribution is 5.92. The van der Waals surface area contributed by atoms with Crippen LogP contribution in [0.5, 0.6) is 5.75 Å². The SMILES string of the molecule is COc1ccc(CNC(=O)/C=C/c2cn(-c3ccccc3)nc2-c2ccncc2)cc1. The number of pyridine rings is 1. The van der Waals surface area contributed by atoms with Crippen LogP contribution in [0.15, 0.2) is 91.4 Å². The average Bonchev–Trinajstić information content (AvgIpc) is 3.27. The van der Waals surface area contributed by atoms with E-state index in [0.717, 1.165) is 33.8 Å². The van der Waals surface area contributed by atoms with Gasteiger partial charge in [-0.25, -0.2) is 4.68 Å². The van der Waals surface area contributed by atoms with Gasteiger partial charge in [0.25, 0.3) is 0 Å². The summed E-state index contributed by atoms with van der Waals surface area (Å²) in [7, 11) is 1.63. The Bertz CT molecular complexity index is 1170. The van der Waals surface area contributed by atoms with Crippen LogP contribution in [0.4, 0.5) is 0 Å². The molecule has 0 aliphatic rings. The summed E-state index contributed by atoms with van der Waals surface area (Å²) < 4.78 is 6.96. The third kappa shape index (κ3) is 5.05. The third-order valence-electron chi connectivity index (χ3n) is 4.76. The lowest BCUT2D eigenvalue weighted by Crippen LogP contribution is -2.20. The maximum absolute atomic E-state index is 12.4. The monoisotopic (exact) mass is 410 g/mol. The van der Waals surface area contributed by atoms with E-state index >= 15 is 0 Å². The summed E-state index contributed by atoms with van der Waals surface area (Å²) >= 11 is 0. The molecule has 154 valence electrons. The van der Waals surface area contributed by atoms with Crippen LogP contribution in [0, 0.1) is 0 Å². The molecule has 6 nitrogen and oxygen atoms in total. The molecule has 0 saturated carbocycles. The molecule has 0 aliphatic heterocycles. The number of benzene rings is 2. The van der Waals surface area contributed by atoms with Gasteiger partial charge in [0.05, 0.1) is 12.8 Å². The average molecular weight is 410 g/mol. The lowest BCUT2D eigenvalue weighted by Gasteiger charge is -2.04. The molecule has 4 aromatic rings. The number of aromatic nitrogens is 3. The fourth-order valence-corrected chi connectivity index (χ4v) is 3.11. The van der Waals surface area contributed by atoms with Gasteiger partial charge in [-0.1, -0.05) is 30.3 Å². The zero-order valence-electron chi connectivity index (χ0n) is 17.1. The first kappa shape index (κ1) is 20.1. The number of rotatable bonds is 7. The van der Waals surface area contributed by atoms with E-state index in [1.165, 1.54) is 6.08 Å². The van der Waals surface area contributed by atoms with E-state index < -0.39 is 0 Å². The molecule has 0 unspecified atom stereocenters. The Morgan fingerprint density at radius 3 is 2.48 bits per heavy atom. The van der Waals surface area contributed by atoms with Crippen LogP contribution in [0.1, 0.15) is 11.1 Å². The highest BCUT2D eigenvalue weighted by Crippen LogP contribution is 2.24. The molecule has 2 heterocycles. The number of carbonyl (C=O) groups is 1. The summed E-state index contributed by atoms with van der Waals surface area (Å²) in [5.41, 5.74) is 4.50. The van der Waals surface area contributed by atoms with Gasteiger partial charge in [-0.15, -0.1) is 0 Å². The minimum absolute atomic E-state index is 0.177. The summed E-state index contributed by atoms with van der Waals surface area (Å²) in [6.07, 6.45) is 8.68. The molecule has 6 heteroatoms. The number of ether oxygens (including phenoxy) is 1. The van der Waals surface area contributed by atoms with E-state index in [4.69, 9.17) is 9.84 Å². The quantitative estimate of drug-likeness (QED) is 0.462. The normalized spacial score (nSPS) is 10.9. The van der Waals surface area contributed by atoms with Crippen molar-refractivity contribution in [3.8, 4) is 22.7 Å².